The van der Waals surface area contributed by atoms with E-state index in [1.54, 1.807) is 18.9 Å². The summed E-state index contributed by atoms with van der Waals surface area (Å²) in [5, 5.41) is 8.38. The van der Waals surface area contributed by atoms with Gasteiger partial charge in [-0.1, -0.05) is 12.8 Å². The molecule has 0 saturated carbocycles. The van der Waals surface area contributed by atoms with Crippen LogP contribution in [0, 0.1) is 0 Å². The maximum absolute atomic E-state index is 10.8. The Hall–Kier alpha value is -1.06. The Balaban J connectivity index is 3.21. The molecular formula is C10H19NO3. The van der Waals surface area contributed by atoms with Crippen LogP contribution in [-0.4, -0.2) is 35.5 Å². The van der Waals surface area contributed by atoms with Crippen molar-refractivity contribution >= 4 is 11.9 Å². The molecule has 0 heterocycles. The standard InChI is InChI=1S/C10H19NO3/c1-9(12)11(2)8-6-4-3-5-7-10(13)14/h3-8H2,1-2H3,(H,13,14). The van der Waals surface area contributed by atoms with Crippen molar-refractivity contribution in [1.82, 2.24) is 4.90 Å². The largest absolute Gasteiger partial charge is 0.481 e. The Labute approximate surface area is 84.9 Å². The van der Waals surface area contributed by atoms with Crippen molar-refractivity contribution in [2.24, 2.45) is 0 Å². The number of carbonyl (C=O) groups is 2. The zero-order chi connectivity index (χ0) is 11.0. The van der Waals surface area contributed by atoms with Crippen molar-refractivity contribution in [3.63, 3.8) is 0 Å². The second-order valence-electron chi connectivity index (χ2n) is 3.50. The molecule has 0 unspecified atom stereocenters. The Morgan fingerprint density at radius 2 is 1.71 bits per heavy atom. The van der Waals surface area contributed by atoms with E-state index in [1.165, 1.54) is 0 Å². The van der Waals surface area contributed by atoms with E-state index in [0.29, 0.717) is 0 Å². The van der Waals surface area contributed by atoms with Gasteiger partial charge in [0.05, 0.1) is 0 Å². The molecule has 0 aromatic carbocycles. The third-order valence-electron chi connectivity index (χ3n) is 2.17. The molecule has 0 bridgehead atoms. The smallest absolute Gasteiger partial charge is 0.303 e. The molecule has 0 rings (SSSR count). The van der Waals surface area contributed by atoms with Gasteiger partial charge in [0.15, 0.2) is 0 Å². The fraction of sp³-hybridized carbons (Fsp3) is 0.800. The molecule has 82 valence electrons. The van der Waals surface area contributed by atoms with Gasteiger partial charge in [-0.15, -0.1) is 0 Å². The quantitative estimate of drug-likeness (QED) is 0.635. The molecule has 0 aromatic rings. The number of nitrogens with zero attached hydrogens (tertiary/aromatic N) is 1. The third kappa shape index (κ3) is 7.58. The fourth-order valence-electron chi connectivity index (χ4n) is 1.14. The number of hydrogen-bond acceptors (Lipinski definition) is 2. The van der Waals surface area contributed by atoms with Crippen LogP contribution >= 0.6 is 0 Å². The molecule has 0 aliphatic heterocycles. The number of amides is 1. The summed E-state index contributed by atoms with van der Waals surface area (Å²) in [6.07, 6.45) is 3.86. The summed E-state index contributed by atoms with van der Waals surface area (Å²) in [5.41, 5.74) is 0. The molecular weight excluding hydrogens is 182 g/mol. The zero-order valence-electron chi connectivity index (χ0n) is 8.95. The number of rotatable bonds is 7. The van der Waals surface area contributed by atoms with Crippen molar-refractivity contribution in [2.75, 3.05) is 13.6 Å². The lowest BCUT2D eigenvalue weighted by atomic mass is 10.1. The van der Waals surface area contributed by atoms with Crippen LogP contribution in [0.4, 0.5) is 0 Å². The highest BCUT2D eigenvalue weighted by atomic mass is 16.4. The van der Waals surface area contributed by atoms with Crippen LogP contribution in [-0.2, 0) is 9.59 Å². The van der Waals surface area contributed by atoms with Gasteiger partial charge >= 0.3 is 5.97 Å². The number of unbranched alkanes of at least 4 members (excludes halogenated alkanes) is 3. The van der Waals surface area contributed by atoms with Crippen molar-refractivity contribution in [1.29, 1.82) is 0 Å². The number of aliphatic carboxylic acids is 1. The van der Waals surface area contributed by atoms with Gasteiger partial charge in [-0.05, 0) is 12.8 Å². The van der Waals surface area contributed by atoms with Crippen molar-refractivity contribution < 1.29 is 14.7 Å². The lowest BCUT2D eigenvalue weighted by Gasteiger charge is -2.13. The van der Waals surface area contributed by atoms with E-state index in [2.05, 4.69) is 0 Å². The predicted molar refractivity (Wildman–Crippen MR) is 54.0 cm³/mol. The molecule has 0 radical (unpaired) electrons. The van der Waals surface area contributed by atoms with E-state index in [1.807, 2.05) is 0 Å². The Bertz CT molecular complexity index is 192. The van der Waals surface area contributed by atoms with Gasteiger partial charge in [-0.2, -0.15) is 0 Å². The first-order valence-corrected chi connectivity index (χ1v) is 4.97. The van der Waals surface area contributed by atoms with Gasteiger partial charge in [-0.25, -0.2) is 0 Å². The third-order valence-corrected chi connectivity index (χ3v) is 2.17. The Morgan fingerprint density at radius 3 is 2.21 bits per heavy atom. The lowest BCUT2D eigenvalue weighted by molar-refractivity contribution is -0.137. The normalized spacial score (nSPS) is 9.86. The molecule has 0 saturated heterocycles. The van der Waals surface area contributed by atoms with Gasteiger partial charge in [-0.3, -0.25) is 9.59 Å². The first-order valence-electron chi connectivity index (χ1n) is 4.97. The number of carboxylic acid groups (broad SMARTS) is 1. The van der Waals surface area contributed by atoms with Crippen LogP contribution in [0.3, 0.4) is 0 Å². The van der Waals surface area contributed by atoms with Crippen LogP contribution in [0.2, 0.25) is 0 Å². The molecule has 0 aliphatic carbocycles. The molecule has 0 aromatic heterocycles. The van der Waals surface area contributed by atoms with E-state index in [-0.39, 0.29) is 12.3 Å². The van der Waals surface area contributed by atoms with Gasteiger partial charge in [0.1, 0.15) is 0 Å². The molecule has 1 amide bonds. The average Bonchev–Trinajstić information content (AvgIpc) is 2.09. The second-order valence-corrected chi connectivity index (χ2v) is 3.50. The van der Waals surface area contributed by atoms with Gasteiger partial charge in [0, 0.05) is 26.9 Å². The number of hydrogen-bond donors (Lipinski definition) is 1. The molecule has 0 atom stereocenters. The van der Waals surface area contributed by atoms with Crippen LogP contribution in [0.1, 0.15) is 39.0 Å². The van der Waals surface area contributed by atoms with Crippen molar-refractivity contribution in [3.8, 4) is 0 Å². The van der Waals surface area contributed by atoms with Crippen LogP contribution < -0.4 is 0 Å². The van der Waals surface area contributed by atoms with Crippen molar-refractivity contribution in [3.05, 3.63) is 0 Å². The first-order chi connectivity index (χ1) is 6.54. The van der Waals surface area contributed by atoms with E-state index in [9.17, 15) is 9.59 Å². The van der Waals surface area contributed by atoms with E-state index in [0.717, 1.165) is 32.2 Å². The highest BCUT2D eigenvalue weighted by molar-refractivity contribution is 5.72. The first kappa shape index (κ1) is 12.9. The van der Waals surface area contributed by atoms with Crippen LogP contribution in [0.5, 0.6) is 0 Å². The number of carboxylic acids is 1. The summed E-state index contributed by atoms with van der Waals surface area (Å²) in [7, 11) is 1.78. The summed E-state index contributed by atoms with van der Waals surface area (Å²) in [5.74, 6) is -0.651. The molecule has 0 fully saturated rings. The topological polar surface area (TPSA) is 57.6 Å². The second kappa shape index (κ2) is 7.35. The van der Waals surface area contributed by atoms with E-state index < -0.39 is 5.97 Å². The molecule has 4 nitrogen and oxygen atoms in total. The summed E-state index contributed by atoms with van der Waals surface area (Å²) in [6.45, 7) is 2.31. The van der Waals surface area contributed by atoms with Gasteiger partial charge in [0.2, 0.25) is 5.91 Å². The maximum Gasteiger partial charge on any atom is 0.303 e. The molecule has 14 heavy (non-hydrogen) atoms. The average molecular weight is 201 g/mol. The predicted octanol–water partition coefficient (Wildman–Crippen LogP) is 1.50. The molecule has 4 heteroatoms. The number of carbonyl (C=O) groups excluding carboxylic acids is 1. The zero-order valence-corrected chi connectivity index (χ0v) is 8.95. The molecule has 0 spiro atoms. The Morgan fingerprint density at radius 1 is 1.14 bits per heavy atom. The summed E-state index contributed by atoms with van der Waals surface area (Å²) >= 11 is 0. The van der Waals surface area contributed by atoms with Crippen LogP contribution in [0.25, 0.3) is 0 Å². The maximum atomic E-state index is 10.8. The fourth-order valence-corrected chi connectivity index (χ4v) is 1.14. The van der Waals surface area contributed by atoms with Crippen LogP contribution in [0.15, 0.2) is 0 Å². The summed E-state index contributed by atoms with van der Waals surface area (Å²) in [4.78, 5) is 22.7. The lowest BCUT2D eigenvalue weighted by Crippen LogP contribution is -2.24. The summed E-state index contributed by atoms with van der Waals surface area (Å²) < 4.78 is 0. The highest BCUT2D eigenvalue weighted by Crippen LogP contribution is 2.03. The SMILES string of the molecule is CC(=O)N(C)CCCCCCC(=O)O. The molecule has 1 N–H and O–H groups in total. The Kier molecular flexibility index (Phi) is 6.80. The minimum atomic E-state index is -0.731. The minimum absolute atomic E-state index is 0.0792. The van der Waals surface area contributed by atoms with Gasteiger partial charge in [0.25, 0.3) is 0 Å². The van der Waals surface area contributed by atoms with Crippen molar-refractivity contribution in [2.45, 2.75) is 39.0 Å². The minimum Gasteiger partial charge on any atom is -0.481 e. The van der Waals surface area contributed by atoms with E-state index >= 15 is 0 Å². The summed E-state index contributed by atoms with van der Waals surface area (Å²) in [6, 6.07) is 0. The highest BCUT2D eigenvalue weighted by Gasteiger charge is 2.01. The monoisotopic (exact) mass is 201 g/mol. The molecule has 0 aliphatic rings. The van der Waals surface area contributed by atoms with E-state index in [4.69, 9.17) is 5.11 Å². The van der Waals surface area contributed by atoms with Gasteiger partial charge < -0.3 is 10.0 Å².